The Morgan fingerprint density at radius 1 is 1.17 bits per heavy atom. The minimum Gasteiger partial charge on any atom is -0.508 e. The van der Waals surface area contributed by atoms with E-state index in [0.29, 0.717) is 17.6 Å². The Kier molecular flexibility index (Phi) is 4.16. The van der Waals surface area contributed by atoms with Crippen molar-refractivity contribution in [1.29, 1.82) is 0 Å². The molecule has 0 spiro atoms. The minimum absolute atomic E-state index is 0.0184. The summed E-state index contributed by atoms with van der Waals surface area (Å²) in [5.41, 5.74) is 2.07. The van der Waals surface area contributed by atoms with E-state index < -0.39 is 23.6 Å². The van der Waals surface area contributed by atoms with Crippen molar-refractivity contribution in [2.24, 2.45) is 0 Å². The van der Waals surface area contributed by atoms with Crippen molar-refractivity contribution in [1.82, 2.24) is 0 Å². The molecule has 0 atom stereocenters. The first kappa shape index (κ1) is 16.0. The zero-order valence-corrected chi connectivity index (χ0v) is 13.0. The maximum atomic E-state index is 12.6. The summed E-state index contributed by atoms with van der Waals surface area (Å²) >= 11 is 0. The number of aromatic hydroxyl groups is 1. The first-order chi connectivity index (χ1) is 10.9. The van der Waals surface area contributed by atoms with Crippen molar-refractivity contribution in [3.8, 4) is 5.75 Å². The summed E-state index contributed by atoms with van der Waals surface area (Å²) in [4.78, 5) is -0.0184. The molecule has 1 aliphatic rings. The van der Waals surface area contributed by atoms with Crippen molar-refractivity contribution >= 4 is 22.4 Å². The Morgan fingerprint density at radius 2 is 1.96 bits per heavy atom. The van der Waals surface area contributed by atoms with Gasteiger partial charge in [0.15, 0.2) is 9.84 Å². The maximum absolute atomic E-state index is 12.6. The van der Waals surface area contributed by atoms with Crippen LogP contribution in [-0.4, -0.2) is 30.8 Å². The summed E-state index contributed by atoms with van der Waals surface area (Å²) in [5.74, 6) is -0.379. The molecule has 0 radical (unpaired) electrons. The van der Waals surface area contributed by atoms with Crippen molar-refractivity contribution in [3.63, 3.8) is 0 Å². The van der Waals surface area contributed by atoms with Gasteiger partial charge in [-0.15, -0.1) is 0 Å². The van der Waals surface area contributed by atoms with Crippen LogP contribution in [0.15, 0.2) is 41.3 Å². The molecule has 0 unspecified atom stereocenters. The van der Waals surface area contributed by atoms with Gasteiger partial charge in [-0.2, -0.15) is 0 Å². The van der Waals surface area contributed by atoms with Gasteiger partial charge in [0, 0.05) is 0 Å². The fourth-order valence-corrected chi connectivity index (χ4v) is 4.22. The Labute approximate surface area is 134 Å². The second kappa shape index (κ2) is 5.97. The third-order valence-electron chi connectivity index (χ3n) is 3.78. The van der Waals surface area contributed by atoms with Crippen molar-refractivity contribution < 1.29 is 28.3 Å². The lowest BCUT2D eigenvalue weighted by Crippen LogP contribution is -2.28. The van der Waals surface area contributed by atoms with Gasteiger partial charge in [0.25, 0.3) is 0 Å². The number of hydrogen-bond acceptors (Lipinski definition) is 6. The zero-order chi connectivity index (χ0) is 16.6. The van der Waals surface area contributed by atoms with Crippen LogP contribution >= 0.6 is 0 Å². The number of benzene rings is 2. The summed E-state index contributed by atoms with van der Waals surface area (Å²) in [6.45, 7) is -0.185. The third-order valence-corrected chi connectivity index (χ3v) is 5.56. The smallest absolute Gasteiger partial charge is 0.491 e. The third kappa shape index (κ3) is 3.11. The van der Waals surface area contributed by atoms with Crippen LogP contribution in [0.25, 0.3) is 0 Å². The highest BCUT2D eigenvalue weighted by Gasteiger charge is 2.28. The molecule has 1 aliphatic heterocycles. The van der Waals surface area contributed by atoms with Crippen LogP contribution in [-0.2, 0) is 33.5 Å². The average molecular weight is 334 g/mol. The molecule has 6 nitrogen and oxygen atoms in total. The van der Waals surface area contributed by atoms with Crippen LogP contribution in [0.4, 0.5) is 0 Å². The molecule has 1 heterocycles. The summed E-state index contributed by atoms with van der Waals surface area (Å²) in [6.07, 6.45) is 0. The molecule has 3 N–H and O–H groups in total. The minimum atomic E-state index is -3.70. The Bertz CT molecular complexity index is 849. The molecule has 0 saturated carbocycles. The Hall–Kier alpha value is -1.87. The van der Waals surface area contributed by atoms with E-state index in [4.69, 9.17) is 4.65 Å². The van der Waals surface area contributed by atoms with Crippen LogP contribution in [0.3, 0.4) is 0 Å². The van der Waals surface area contributed by atoms with E-state index >= 15 is 0 Å². The van der Waals surface area contributed by atoms with Gasteiger partial charge in [0.05, 0.1) is 23.9 Å². The summed E-state index contributed by atoms with van der Waals surface area (Å²) in [5, 5.41) is 28.4. The lowest BCUT2D eigenvalue weighted by molar-refractivity contribution is 0.275. The first-order valence-corrected chi connectivity index (χ1v) is 8.63. The lowest BCUT2D eigenvalue weighted by Gasteiger charge is -2.10. The quantitative estimate of drug-likeness (QED) is 0.684. The van der Waals surface area contributed by atoms with Crippen LogP contribution < -0.4 is 5.46 Å². The fraction of sp³-hybridized carbons (Fsp3) is 0.200. The van der Waals surface area contributed by atoms with Crippen LogP contribution in [0, 0.1) is 0 Å². The highest BCUT2D eigenvalue weighted by molar-refractivity contribution is 7.90. The topological polar surface area (TPSA) is 104 Å². The largest absolute Gasteiger partial charge is 0.508 e. The summed E-state index contributed by atoms with van der Waals surface area (Å²) in [6, 6.07) is 8.81. The highest BCUT2D eigenvalue weighted by atomic mass is 32.2. The molecule has 0 amide bonds. The highest BCUT2D eigenvalue weighted by Crippen LogP contribution is 2.25. The molecular weight excluding hydrogens is 319 g/mol. The first-order valence-electron chi connectivity index (χ1n) is 6.97. The number of phenolic OH excluding ortho intramolecular Hbond substituents is 1. The van der Waals surface area contributed by atoms with Crippen molar-refractivity contribution in [3.05, 3.63) is 53.1 Å². The Balaban J connectivity index is 1.95. The van der Waals surface area contributed by atoms with E-state index in [2.05, 4.69) is 0 Å². The van der Waals surface area contributed by atoms with Gasteiger partial charge in [-0.05, 0) is 40.4 Å². The summed E-state index contributed by atoms with van der Waals surface area (Å²) < 4.78 is 30.3. The van der Waals surface area contributed by atoms with E-state index in [0.717, 1.165) is 5.56 Å². The normalized spacial score (nSPS) is 14.1. The molecule has 0 aromatic heterocycles. The maximum Gasteiger partial charge on any atom is 0.491 e. The SMILES string of the molecule is O=S(=O)(Cc1ccc2c(c1)B(O)OC2)c1ccc(O)cc1CO. The number of phenols is 1. The van der Waals surface area contributed by atoms with Crippen molar-refractivity contribution in [2.75, 3.05) is 0 Å². The number of aliphatic hydroxyl groups excluding tert-OH is 1. The number of sulfone groups is 1. The number of fused-ring (bicyclic) bond motifs is 1. The predicted molar refractivity (Wildman–Crippen MR) is 83.8 cm³/mol. The summed E-state index contributed by atoms with van der Waals surface area (Å²) in [7, 11) is -4.73. The standard InChI is InChI=1S/C15H15BO6S/c17-7-12-6-13(18)3-4-15(12)23(20,21)9-10-1-2-11-8-22-16(19)14(11)5-10/h1-6,17-19H,7-9H2. The molecule has 3 rings (SSSR count). The van der Waals surface area contributed by atoms with Crippen molar-refractivity contribution in [2.45, 2.75) is 23.9 Å². The molecule has 0 fully saturated rings. The van der Waals surface area contributed by atoms with Crippen LogP contribution in [0.1, 0.15) is 16.7 Å². The van der Waals surface area contributed by atoms with Gasteiger partial charge in [0.1, 0.15) is 5.75 Å². The molecular formula is C15H15BO6S. The van der Waals surface area contributed by atoms with Gasteiger partial charge < -0.3 is 19.9 Å². The molecule has 0 saturated heterocycles. The zero-order valence-electron chi connectivity index (χ0n) is 12.1. The fourth-order valence-electron chi connectivity index (χ4n) is 2.64. The monoisotopic (exact) mass is 334 g/mol. The average Bonchev–Trinajstić information content (AvgIpc) is 2.87. The second-order valence-electron chi connectivity index (χ2n) is 5.41. The predicted octanol–water partition coefficient (Wildman–Crippen LogP) is 0.0761. The van der Waals surface area contributed by atoms with Gasteiger partial charge in [0.2, 0.25) is 0 Å². The van der Waals surface area contributed by atoms with E-state index in [1.165, 1.54) is 18.2 Å². The molecule has 120 valence electrons. The van der Waals surface area contributed by atoms with E-state index in [1.54, 1.807) is 18.2 Å². The van der Waals surface area contributed by atoms with Gasteiger partial charge >= 0.3 is 7.12 Å². The lowest BCUT2D eigenvalue weighted by atomic mass is 9.79. The number of aliphatic hydroxyl groups is 1. The van der Waals surface area contributed by atoms with E-state index in [1.807, 2.05) is 0 Å². The molecule has 23 heavy (non-hydrogen) atoms. The molecule has 2 aromatic carbocycles. The van der Waals surface area contributed by atoms with Gasteiger partial charge in [-0.1, -0.05) is 18.2 Å². The van der Waals surface area contributed by atoms with E-state index in [-0.39, 0.29) is 22.0 Å². The molecule has 2 aromatic rings. The van der Waals surface area contributed by atoms with Crippen LogP contribution in [0.5, 0.6) is 5.75 Å². The molecule has 0 bridgehead atoms. The second-order valence-corrected chi connectivity index (χ2v) is 7.36. The Morgan fingerprint density at radius 3 is 2.70 bits per heavy atom. The molecule has 0 aliphatic carbocycles. The van der Waals surface area contributed by atoms with Crippen LogP contribution in [0.2, 0.25) is 0 Å². The van der Waals surface area contributed by atoms with Gasteiger partial charge in [-0.25, -0.2) is 8.42 Å². The van der Waals surface area contributed by atoms with E-state index in [9.17, 15) is 23.7 Å². The number of hydrogen-bond donors (Lipinski definition) is 3. The van der Waals surface area contributed by atoms with Gasteiger partial charge in [-0.3, -0.25) is 0 Å². The molecule has 8 heteroatoms. The number of rotatable bonds is 4.